The Balaban J connectivity index is 0.00000225. The lowest BCUT2D eigenvalue weighted by Gasteiger charge is -2.11. The van der Waals surface area contributed by atoms with Crippen LogP contribution < -0.4 is 10.5 Å². The minimum absolute atomic E-state index is 0. The molecule has 0 spiro atoms. The van der Waals surface area contributed by atoms with E-state index >= 15 is 0 Å². The van der Waals surface area contributed by atoms with Gasteiger partial charge in [0.15, 0.2) is 11.6 Å². The molecule has 4 heteroatoms. The molecule has 0 saturated carbocycles. The highest BCUT2D eigenvalue weighted by Crippen LogP contribution is 2.22. The van der Waals surface area contributed by atoms with Crippen LogP contribution in [0.4, 0.5) is 4.39 Å². The number of hydrogen-bond donors (Lipinski definition) is 1. The van der Waals surface area contributed by atoms with Crippen molar-refractivity contribution in [2.45, 2.75) is 18.9 Å². The van der Waals surface area contributed by atoms with Gasteiger partial charge in [-0.3, -0.25) is 0 Å². The summed E-state index contributed by atoms with van der Waals surface area (Å²) in [6, 6.07) is 4.66. The van der Waals surface area contributed by atoms with E-state index < -0.39 is 0 Å². The average molecular weight is 246 g/mol. The summed E-state index contributed by atoms with van der Waals surface area (Å²) >= 11 is 0. The quantitative estimate of drug-likeness (QED) is 0.809. The molecule has 90 valence electrons. The van der Waals surface area contributed by atoms with Gasteiger partial charge in [-0.05, 0) is 30.5 Å². The topological polar surface area (TPSA) is 35.2 Å². The smallest absolute Gasteiger partial charge is 0.165 e. The molecule has 0 unspecified atom stereocenters. The van der Waals surface area contributed by atoms with Gasteiger partial charge in [-0.15, -0.1) is 19.0 Å². The summed E-state index contributed by atoms with van der Waals surface area (Å²) in [5.74, 6) is -0.126. The molecule has 2 N–H and O–H groups in total. The molecule has 0 amide bonds. The van der Waals surface area contributed by atoms with E-state index in [-0.39, 0.29) is 30.0 Å². The standard InChI is InChI=1S/C12H16FNO.ClH/c1-3-4-5-11(14)9-6-7-12(15-2)10(13)8-9;/h3,6-8,11H,1,4-5,14H2,2H3;1H/t11-;/m1./s1. The van der Waals surface area contributed by atoms with Gasteiger partial charge in [0.2, 0.25) is 0 Å². The van der Waals surface area contributed by atoms with E-state index in [1.807, 2.05) is 0 Å². The van der Waals surface area contributed by atoms with Crippen molar-refractivity contribution in [1.29, 1.82) is 0 Å². The monoisotopic (exact) mass is 245 g/mol. The van der Waals surface area contributed by atoms with Crippen LogP contribution in [-0.2, 0) is 0 Å². The van der Waals surface area contributed by atoms with E-state index in [2.05, 4.69) is 6.58 Å². The first kappa shape index (κ1) is 14.9. The molecular formula is C12H17ClFNO. The first-order valence-corrected chi connectivity index (χ1v) is 4.89. The Labute approximate surface area is 102 Å². The Bertz CT molecular complexity index is 344. The van der Waals surface area contributed by atoms with Crippen LogP contribution in [0, 0.1) is 5.82 Å². The van der Waals surface area contributed by atoms with Crippen molar-refractivity contribution < 1.29 is 9.13 Å². The summed E-state index contributed by atoms with van der Waals surface area (Å²) in [4.78, 5) is 0. The van der Waals surface area contributed by atoms with Gasteiger partial charge in [0.1, 0.15) is 0 Å². The molecule has 16 heavy (non-hydrogen) atoms. The molecule has 0 heterocycles. The van der Waals surface area contributed by atoms with Crippen molar-refractivity contribution in [3.63, 3.8) is 0 Å². The Morgan fingerprint density at radius 2 is 2.25 bits per heavy atom. The second-order valence-corrected chi connectivity index (χ2v) is 3.37. The third kappa shape index (κ3) is 3.83. The first-order valence-electron chi connectivity index (χ1n) is 4.89. The summed E-state index contributed by atoms with van der Waals surface area (Å²) in [6.45, 7) is 3.62. The number of methoxy groups -OCH3 is 1. The molecule has 1 aromatic rings. The van der Waals surface area contributed by atoms with E-state index in [1.165, 1.54) is 13.2 Å². The zero-order valence-electron chi connectivity index (χ0n) is 9.28. The number of allylic oxidation sites excluding steroid dienone is 1. The predicted molar refractivity (Wildman–Crippen MR) is 66.6 cm³/mol. The van der Waals surface area contributed by atoms with Gasteiger partial charge in [-0.25, -0.2) is 4.39 Å². The highest BCUT2D eigenvalue weighted by atomic mass is 35.5. The van der Waals surface area contributed by atoms with Gasteiger partial charge in [-0.2, -0.15) is 0 Å². The van der Waals surface area contributed by atoms with Crippen LogP contribution in [0.3, 0.4) is 0 Å². The average Bonchev–Trinajstić information content (AvgIpc) is 2.25. The molecule has 0 aromatic heterocycles. The van der Waals surface area contributed by atoms with Gasteiger partial charge in [-0.1, -0.05) is 12.1 Å². The van der Waals surface area contributed by atoms with Crippen molar-refractivity contribution >= 4 is 12.4 Å². The summed E-state index contributed by atoms with van der Waals surface area (Å²) in [5, 5.41) is 0. The summed E-state index contributed by atoms with van der Waals surface area (Å²) < 4.78 is 18.2. The van der Waals surface area contributed by atoms with Gasteiger partial charge in [0.05, 0.1) is 7.11 Å². The third-order valence-corrected chi connectivity index (χ3v) is 2.29. The molecular weight excluding hydrogens is 229 g/mol. The van der Waals surface area contributed by atoms with Gasteiger partial charge in [0, 0.05) is 6.04 Å². The fourth-order valence-electron chi connectivity index (χ4n) is 1.38. The second-order valence-electron chi connectivity index (χ2n) is 3.37. The highest BCUT2D eigenvalue weighted by Gasteiger charge is 2.08. The Kier molecular flexibility index (Phi) is 6.77. The fraction of sp³-hybridized carbons (Fsp3) is 0.333. The molecule has 0 bridgehead atoms. The van der Waals surface area contributed by atoms with Crippen molar-refractivity contribution in [3.8, 4) is 5.75 Å². The van der Waals surface area contributed by atoms with Crippen LogP contribution in [0.15, 0.2) is 30.9 Å². The highest BCUT2D eigenvalue weighted by molar-refractivity contribution is 5.85. The van der Waals surface area contributed by atoms with Crippen molar-refractivity contribution in [1.82, 2.24) is 0 Å². The minimum atomic E-state index is -0.371. The molecule has 0 fully saturated rings. The summed E-state index contributed by atoms with van der Waals surface area (Å²) in [7, 11) is 1.44. The first-order chi connectivity index (χ1) is 7.19. The van der Waals surface area contributed by atoms with E-state index in [9.17, 15) is 4.39 Å². The molecule has 1 aromatic carbocycles. The van der Waals surface area contributed by atoms with E-state index in [4.69, 9.17) is 10.5 Å². The molecule has 1 rings (SSSR count). The molecule has 0 aliphatic rings. The zero-order valence-corrected chi connectivity index (χ0v) is 10.1. The lowest BCUT2D eigenvalue weighted by molar-refractivity contribution is 0.385. The van der Waals surface area contributed by atoms with Crippen molar-refractivity contribution in [2.75, 3.05) is 7.11 Å². The number of ether oxygens (including phenoxy) is 1. The van der Waals surface area contributed by atoms with E-state index in [1.54, 1.807) is 18.2 Å². The van der Waals surface area contributed by atoms with Crippen LogP contribution in [-0.4, -0.2) is 7.11 Å². The molecule has 0 aliphatic carbocycles. The van der Waals surface area contributed by atoms with Crippen molar-refractivity contribution in [3.05, 3.63) is 42.2 Å². The minimum Gasteiger partial charge on any atom is -0.494 e. The van der Waals surface area contributed by atoms with Crippen molar-refractivity contribution in [2.24, 2.45) is 5.73 Å². The number of nitrogens with two attached hydrogens (primary N) is 1. The normalized spacial score (nSPS) is 11.4. The summed E-state index contributed by atoms with van der Waals surface area (Å²) in [6.07, 6.45) is 3.41. The van der Waals surface area contributed by atoms with Crippen LogP contribution in [0.2, 0.25) is 0 Å². The lowest BCUT2D eigenvalue weighted by atomic mass is 10.0. The second kappa shape index (κ2) is 7.25. The predicted octanol–water partition coefficient (Wildman–Crippen LogP) is 3.22. The van der Waals surface area contributed by atoms with Gasteiger partial charge < -0.3 is 10.5 Å². The molecule has 2 nitrogen and oxygen atoms in total. The Morgan fingerprint density at radius 3 is 2.75 bits per heavy atom. The van der Waals surface area contributed by atoms with Crippen LogP contribution in [0.5, 0.6) is 5.75 Å². The fourth-order valence-corrected chi connectivity index (χ4v) is 1.38. The lowest BCUT2D eigenvalue weighted by Crippen LogP contribution is -2.10. The van der Waals surface area contributed by atoms with Crippen LogP contribution >= 0.6 is 12.4 Å². The van der Waals surface area contributed by atoms with Crippen LogP contribution in [0.1, 0.15) is 24.4 Å². The van der Waals surface area contributed by atoms with Crippen LogP contribution in [0.25, 0.3) is 0 Å². The third-order valence-electron chi connectivity index (χ3n) is 2.29. The number of hydrogen-bond acceptors (Lipinski definition) is 2. The largest absolute Gasteiger partial charge is 0.494 e. The van der Waals surface area contributed by atoms with Gasteiger partial charge in [0.25, 0.3) is 0 Å². The molecule has 1 atom stereocenters. The SMILES string of the molecule is C=CCC[C@@H](N)c1ccc(OC)c(F)c1.Cl. The number of rotatable bonds is 5. The maximum atomic E-state index is 13.3. The molecule has 0 saturated heterocycles. The van der Waals surface area contributed by atoms with E-state index in [0.29, 0.717) is 0 Å². The molecule has 0 aliphatic heterocycles. The maximum absolute atomic E-state index is 13.3. The van der Waals surface area contributed by atoms with E-state index in [0.717, 1.165) is 18.4 Å². The van der Waals surface area contributed by atoms with Gasteiger partial charge >= 0.3 is 0 Å². The molecule has 0 radical (unpaired) electrons. The Morgan fingerprint density at radius 1 is 1.56 bits per heavy atom. The maximum Gasteiger partial charge on any atom is 0.165 e. The number of halogens is 2. The summed E-state index contributed by atoms with van der Waals surface area (Å²) in [5.41, 5.74) is 6.67. The number of benzene rings is 1. The Hall–Kier alpha value is -1.06. The zero-order chi connectivity index (χ0) is 11.3.